The van der Waals surface area contributed by atoms with E-state index >= 15 is 0 Å². The maximum absolute atomic E-state index is 11.8. The third kappa shape index (κ3) is 3.47. The quantitative estimate of drug-likeness (QED) is 0.555. The molecule has 2 aliphatic carbocycles. The lowest BCUT2D eigenvalue weighted by Crippen LogP contribution is -2.17. The standard InChI is InChI=1S/C16H24O2/c1-12(2)14-9-7-13(8-10-14)11-18-16(17)15-5-3-4-6-15/h7,14-15H,1,3-6,8-11H2,2H3. The molecule has 1 atom stereocenters. The highest BCUT2D eigenvalue weighted by atomic mass is 16.5. The van der Waals surface area contributed by atoms with Gasteiger partial charge in [0.25, 0.3) is 0 Å². The zero-order valence-corrected chi connectivity index (χ0v) is 11.4. The fourth-order valence-electron chi connectivity index (χ4n) is 2.91. The van der Waals surface area contributed by atoms with Crippen LogP contribution in [0.1, 0.15) is 51.9 Å². The molecule has 2 heteroatoms. The van der Waals surface area contributed by atoms with E-state index in [1.807, 2.05) is 0 Å². The number of esters is 1. The number of carbonyl (C=O) groups is 1. The highest BCUT2D eigenvalue weighted by Gasteiger charge is 2.24. The maximum Gasteiger partial charge on any atom is 0.309 e. The van der Waals surface area contributed by atoms with Crippen molar-refractivity contribution in [1.29, 1.82) is 0 Å². The number of rotatable bonds is 4. The molecule has 0 radical (unpaired) electrons. The summed E-state index contributed by atoms with van der Waals surface area (Å²) in [6, 6.07) is 0. The van der Waals surface area contributed by atoms with Crippen molar-refractivity contribution < 1.29 is 9.53 Å². The van der Waals surface area contributed by atoms with Crippen molar-refractivity contribution in [1.82, 2.24) is 0 Å². The Morgan fingerprint density at radius 3 is 2.61 bits per heavy atom. The first-order valence-corrected chi connectivity index (χ1v) is 7.16. The second-order valence-corrected chi connectivity index (χ2v) is 5.77. The number of hydrogen-bond donors (Lipinski definition) is 0. The van der Waals surface area contributed by atoms with Crippen LogP contribution in [0.4, 0.5) is 0 Å². The Morgan fingerprint density at radius 1 is 1.33 bits per heavy atom. The molecule has 0 heterocycles. The molecule has 18 heavy (non-hydrogen) atoms. The second-order valence-electron chi connectivity index (χ2n) is 5.77. The van der Waals surface area contributed by atoms with Crippen LogP contribution in [0, 0.1) is 11.8 Å². The van der Waals surface area contributed by atoms with Crippen LogP contribution in [0.2, 0.25) is 0 Å². The van der Waals surface area contributed by atoms with Crippen molar-refractivity contribution in [3.05, 3.63) is 23.8 Å². The van der Waals surface area contributed by atoms with E-state index in [0.717, 1.165) is 32.1 Å². The topological polar surface area (TPSA) is 26.3 Å². The van der Waals surface area contributed by atoms with Crippen LogP contribution in [0.3, 0.4) is 0 Å². The second kappa shape index (κ2) is 6.21. The van der Waals surface area contributed by atoms with Gasteiger partial charge in [-0.15, -0.1) is 0 Å². The van der Waals surface area contributed by atoms with Gasteiger partial charge in [-0.2, -0.15) is 0 Å². The Hall–Kier alpha value is -1.05. The summed E-state index contributed by atoms with van der Waals surface area (Å²) in [6.45, 7) is 6.63. The van der Waals surface area contributed by atoms with Gasteiger partial charge in [-0.1, -0.05) is 31.1 Å². The Morgan fingerprint density at radius 2 is 2.06 bits per heavy atom. The van der Waals surface area contributed by atoms with Gasteiger partial charge in [0, 0.05) is 0 Å². The Labute approximate surface area is 110 Å². The summed E-state index contributed by atoms with van der Waals surface area (Å²) in [6.07, 6.45) is 9.92. The molecule has 0 saturated heterocycles. The van der Waals surface area contributed by atoms with Gasteiger partial charge in [-0.05, 0) is 50.5 Å². The number of hydrogen-bond acceptors (Lipinski definition) is 2. The van der Waals surface area contributed by atoms with Gasteiger partial charge in [-0.3, -0.25) is 4.79 Å². The van der Waals surface area contributed by atoms with Crippen LogP contribution in [0.25, 0.3) is 0 Å². The zero-order chi connectivity index (χ0) is 13.0. The molecule has 1 fully saturated rings. The average molecular weight is 248 g/mol. The summed E-state index contributed by atoms with van der Waals surface area (Å²) in [5, 5.41) is 0. The lowest BCUT2D eigenvalue weighted by molar-refractivity contribution is -0.147. The fourth-order valence-corrected chi connectivity index (χ4v) is 2.91. The molecule has 0 amide bonds. The van der Waals surface area contributed by atoms with Gasteiger partial charge in [0.1, 0.15) is 6.61 Å². The molecule has 2 rings (SSSR count). The summed E-state index contributed by atoms with van der Waals surface area (Å²) in [5.74, 6) is 0.826. The third-order valence-corrected chi connectivity index (χ3v) is 4.29. The monoisotopic (exact) mass is 248 g/mol. The average Bonchev–Trinajstić information content (AvgIpc) is 2.90. The van der Waals surface area contributed by atoms with Gasteiger partial charge in [0.2, 0.25) is 0 Å². The van der Waals surface area contributed by atoms with E-state index in [1.165, 1.54) is 24.0 Å². The molecule has 0 spiro atoms. The van der Waals surface area contributed by atoms with Crippen LogP contribution in [-0.2, 0) is 9.53 Å². The van der Waals surface area contributed by atoms with E-state index in [4.69, 9.17) is 4.74 Å². The smallest absolute Gasteiger partial charge is 0.309 e. The van der Waals surface area contributed by atoms with Crippen molar-refractivity contribution >= 4 is 5.97 Å². The van der Waals surface area contributed by atoms with Crippen LogP contribution in [-0.4, -0.2) is 12.6 Å². The van der Waals surface area contributed by atoms with Gasteiger partial charge < -0.3 is 4.74 Å². The first-order valence-electron chi connectivity index (χ1n) is 7.16. The van der Waals surface area contributed by atoms with E-state index < -0.39 is 0 Å². The molecule has 2 aliphatic rings. The SMILES string of the molecule is C=C(C)C1CC=C(COC(=O)C2CCCC2)CC1. The maximum atomic E-state index is 11.8. The molecular formula is C16H24O2. The minimum absolute atomic E-state index is 0.0235. The third-order valence-electron chi connectivity index (χ3n) is 4.29. The fraction of sp³-hybridized carbons (Fsp3) is 0.688. The summed E-state index contributed by atoms with van der Waals surface area (Å²) < 4.78 is 5.43. The summed E-state index contributed by atoms with van der Waals surface area (Å²) >= 11 is 0. The number of allylic oxidation sites excluding steroid dienone is 2. The van der Waals surface area contributed by atoms with Gasteiger partial charge in [0.15, 0.2) is 0 Å². The van der Waals surface area contributed by atoms with Crippen LogP contribution < -0.4 is 0 Å². The van der Waals surface area contributed by atoms with E-state index in [-0.39, 0.29) is 11.9 Å². The highest BCUT2D eigenvalue weighted by molar-refractivity contribution is 5.72. The van der Waals surface area contributed by atoms with Crippen molar-refractivity contribution in [3.63, 3.8) is 0 Å². The molecule has 100 valence electrons. The predicted octanol–water partition coefficient (Wildman–Crippen LogP) is 4.02. The molecule has 1 unspecified atom stereocenters. The molecule has 0 aromatic rings. The minimum atomic E-state index is 0.0235. The molecule has 1 saturated carbocycles. The number of carbonyl (C=O) groups excluding carboxylic acids is 1. The lowest BCUT2D eigenvalue weighted by atomic mass is 9.86. The Bertz CT molecular complexity index is 348. The molecule has 0 aromatic carbocycles. The summed E-state index contributed by atoms with van der Waals surface area (Å²) in [4.78, 5) is 11.8. The van der Waals surface area contributed by atoms with E-state index in [2.05, 4.69) is 19.6 Å². The van der Waals surface area contributed by atoms with E-state index in [0.29, 0.717) is 12.5 Å². The lowest BCUT2D eigenvalue weighted by Gasteiger charge is -2.22. The van der Waals surface area contributed by atoms with E-state index in [1.54, 1.807) is 0 Å². The molecule has 0 aliphatic heterocycles. The van der Waals surface area contributed by atoms with Crippen molar-refractivity contribution in [3.8, 4) is 0 Å². The van der Waals surface area contributed by atoms with Crippen molar-refractivity contribution in [2.75, 3.05) is 6.61 Å². The first kappa shape index (κ1) is 13.4. The highest BCUT2D eigenvalue weighted by Crippen LogP contribution is 2.29. The predicted molar refractivity (Wildman–Crippen MR) is 73.2 cm³/mol. The molecule has 2 nitrogen and oxygen atoms in total. The molecule has 0 N–H and O–H groups in total. The molecule has 0 bridgehead atoms. The van der Waals surface area contributed by atoms with Crippen LogP contribution in [0.5, 0.6) is 0 Å². The van der Waals surface area contributed by atoms with Gasteiger partial charge >= 0.3 is 5.97 Å². The Kier molecular flexibility index (Phi) is 4.62. The zero-order valence-electron chi connectivity index (χ0n) is 11.4. The Balaban J connectivity index is 1.74. The van der Waals surface area contributed by atoms with Crippen molar-refractivity contribution in [2.45, 2.75) is 51.9 Å². The van der Waals surface area contributed by atoms with Gasteiger partial charge in [0.05, 0.1) is 5.92 Å². The molecule has 0 aromatic heterocycles. The van der Waals surface area contributed by atoms with Crippen LogP contribution in [0.15, 0.2) is 23.8 Å². The first-order chi connectivity index (χ1) is 8.66. The minimum Gasteiger partial charge on any atom is -0.461 e. The van der Waals surface area contributed by atoms with Crippen LogP contribution >= 0.6 is 0 Å². The normalized spacial score (nSPS) is 24.7. The summed E-state index contributed by atoms with van der Waals surface area (Å²) in [7, 11) is 0. The van der Waals surface area contributed by atoms with Gasteiger partial charge in [-0.25, -0.2) is 0 Å². The largest absolute Gasteiger partial charge is 0.461 e. The summed E-state index contributed by atoms with van der Waals surface area (Å²) in [5.41, 5.74) is 2.56. The van der Waals surface area contributed by atoms with E-state index in [9.17, 15) is 4.79 Å². The number of ether oxygens (including phenoxy) is 1. The molecular weight excluding hydrogens is 224 g/mol. The van der Waals surface area contributed by atoms with Crippen molar-refractivity contribution in [2.24, 2.45) is 11.8 Å².